The molecule has 5 unspecified atom stereocenters. The van der Waals surface area contributed by atoms with Gasteiger partial charge in [-0.1, -0.05) is 39.3 Å². The molecule has 46 heavy (non-hydrogen) atoms. The maximum atomic E-state index is 13.1. The Bertz CT molecular complexity index is 1360. The van der Waals surface area contributed by atoms with Crippen molar-refractivity contribution in [2.75, 3.05) is 20.3 Å². The Morgan fingerprint density at radius 3 is 2.50 bits per heavy atom. The Morgan fingerprint density at radius 2 is 1.89 bits per heavy atom. The predicted molar refractivity (Wildman–Crippen MR) is 178 cm³/mol. The number of methoxy groups -OCH3 is 1. The van der Waals surface area contributed by atoms with Crippen molar-refractivity contribution in [3.63, 3.8) is 0 Å². The van der Waals surface area contributed by atoms with E-state index in [1.165, 1.54) is 11.9 Å². The van der Waals surface area contributed by atoms with Gasteiger partial charge in [0.25, 0.3) is 14.4 Å². The van der Waals surface area contributed by atoms with Crippen molar-refractivity contribution in [3.05, 3.63) is 41.9 Å². The second kappa shape index (κ2) is 16.4. The van der Waals surface area contributed by atoms with Crippen molar-refractivity contribution in [2.24, 2.45) is 4.99 Å². The molecule has 2 aromatic rings. The number of amidine groups is 1. The normalized spacial score (nSPS) is 22.4. The van der Waals surface area contributed by atoms with Crippen molar-refractivity contribution in [1.82, 2.24) is 19.5 Å². The number of Topliss-reactive ketones (excluding diaryl/α,β-unsaturated/α-hetero) is 1. The zero-order valence-electron chi connectivity index (χ0n) is 29.3. The Kier molecular flexibility index (Phi) is 12.3. The number of hydrogen-bond acceptors (Lipinski definition) is 10. The van der Waals surface area contributed by atoms with Crippen molar-refractivity contribution in [3.8, 4) is 5.75 Å². The summed E-state index contributed by atoms with van der Waals surface area (Å²) in [6, 6.07) is 7.90. The summed E-state index contributed by atoms with van der Waals surface area (Å²) in [4.78, 5) is 34.8. The lowest BCUT2D eigenvalue weighted by Gasteiger charge is -2.38. The molecule has 1 saturated heterocycles. The molecular weight excluding hydrogens is 609 g/mol. The fourth-order valence-electron chi connectivity index (χ4n) is 5.44. The molecule has 5 atom stereocenters. The number of unbranched alkanes of at least 4 members (excludes halogenated alkanes) is 1. The van der Waals surface area contributed by atoms with E-state index in [0.29, 0.717) is 18.3 Å². The van der Waals surface area contributed by atoms with Gasteiger partial charge in [-0.3, -0.25) is 14.2 Å². The number of amides is 1. The zero-order chi connectivity index (χ0) is 34.2. The summed E-state index contributed by atoms with van der Waals surface area (Å²) in [7, 11) is 0.0599. The van der Waals surface area contributed by atoms with Crippen LogP contribution in [0.2, 0.25) is 0 Å². The smallest absolute Gasteiger partial charge is 0.263 e. The monoisotopic (exact) mass is 660 g/mol. The molecule has 3 heterocycles. The van der Waals surface area contributed by atoms with Gasteiger partial charge in [0.1, 0.15) is 23.8 Å². The van der Waals surface area contributed by atoms with Crippen LogP contribution in [-0.2, 0) is 23.3 Å². The third-order valence-corrected chi connectivity index (χ3v) is 9.92. The summed E-state index contributed by atoms with van der Waals surface area (Å²) in [5.74, 6) is 0.654. The Labute approximate surface area is 275 Å². The van der Waals surface area contributed by atoms with E-state index in [0.717, 1.165) is 12.8 Å². The quantitative estimate of drug-likeness (QED) is 0.173. The SMILES string of the molecule is [2H]CC1OC(n2cnc3c2N=C(NC(=O)COc2ccc(C(C)C)cc2)CC3=O)C(OC)C1OP(OCCCC)N(C(C)C)C(C)C. The van der Waals surface area contributed by atoms with Crippen molar-refractivity contribution in [1.29, 1.82) is 0 Å². The predicted octanol–water partition coefficient (Wildman–Crippen LogP) is 6.30. The number of aromatic nitrogens is 2. The van der Waals surface area contributed by atoms with E-state index in [-0.39, 0.29) is 55.1 Å². The molecule has 0 saturated carbocycles. The van der Waals surface area contributed by atoms with Gasteiger partial charge in [-0.25, -0.2) is 14.6 Å². The van der Waals surface area contributed by atoms with Crippen molar-refractivity contribution in [2.45, 2.75) is 117 Å². The van der Waals surface area contributed by atoms with Crippen LogP contribution in [0.5, 0.6) is 5.75 Å². The number of imidazole rings is 1. The lowest BCUT2D eigenvalue weighted by molar-refractivity contribution is -0.121. The minimum atomic E-state index is -1.50. The highest BCUT2D eigenvalue weighted by Crippen LogP contribution is 2.51. The van der Waals surface area contributed by atoms with E-state index in [9.17, 15) is 9.59 Å². The van der Waals surface area contributed by atoms with Crippen LogP contribution in [0.15, 0.2) is 35.6 Å². The van der Waals surface area contributed by atoms with Crippen molar-refractivity contribution < 1.29 is 34.2 Å². The van der Waals surface area contributed by atoms with Gasteiger partial charge < -0.3 is 28.6 Å². The largest absolute Gasteiger partial charge is 0.484 e. The molecule has 1 aromatic carbocycles. The number of carbonyl (C=O) groups is 2. The number of aliphatic imine (C=N–C) groups is 1. The molecule has 2 aliphatic heterocycles. The van der Waals surface area contributed by atoms with Gasteiger partial charge in [-0.15, -0.1) is 0 Å². The Morgan fingerprint density at radius 1 is 1.17 bits per heavy atom. The maximum Gasteiger partial charge on any atom is 0.263 e. The number of ether oxygens (including phenoxy) is 3. The first-order valence-electron chi connectivity index (χ1n) is 16.7. The van der Waals surface area contributed by atoms with E-state index >= 15 is 0 Å². The number of fused-ring (bicyclic) bond motifs is 1. The molecule has 4 rings (SSSR count). The van der Waals surface area contributed by atoms with E-state index in [1.54, 1.807) is 11.7 Å². The Hall–Kier alpha value is -2.73. The summed E-state index contributed by atoms with van der Waals surface area (Å²) in [5, 5.41) is 2.71. The number of rotatable bonds is 15. The van der Waals surface area contributed by atoms with E-state index < -0.39 is 39.0 Å². The minimum absolute atomic E-state index is 0.0803. The Balaban J connectivity index is 1.52. The first kappa shape index (κ1) is 34.6. The van der Waals surface area contributed by atoms with Gasteiger partial charge in [-0.05, 0) is 64.6 Å². The van der Waals surface area contributed by atoms with Crippen LogP contribution in [0.1, 0.15) is 104 Å². The topological polar surface area (TPSA) is 126 Å². The molecule has 0 aliphatic carbocycles. The number of benzene rings is 1. The summed E-state index contributed by atoms with van der Waals surface area (Å²) in [5.41, 5.74) is 1.35. The second-order valence-corrected chi connectivity index (χ2v) is 13.8. The molecule has 1 fully saturated rings. The number of ketones is 1. The fraction of sp³-hybridized carbons (Fsp3) is 0.636. The molecule has 0 radical (unpaired) electrons. The van der Waals surface area contributed by atoms with Crippen molar-refractivity contribution >= 4 is 31.9 Å². The highest BCUT2D eigenvalue weighted by molar-refractivity contribution is 7.44. The highest BCUT2D eigenvalue weighted by Gasteiger charge is 2.48. The third kappa shape index (κ3) is 8.59. The van der Waals surface area contributed by atoms with Crippen LogP contribution in [-0.4, -0.2) is 82.5 Å². The van der Waals surface area contributed by atoms with E-state index in [2.05, 4.69) is 68.4 Å². The van der Waals surface area contributed by atoms with Gasteiger partial charge in [-0.2, -0.15) is 0 Å². The van der Waals surface area contributed by atoms with Crippen LogP contribution in [0, 0.1) is 0 Å². The standard InChI is InChI=1S/C33H50N5O7P/c1-10-11-16-43-46(38(21(4)5)22(6)7)45-30-23(8)44-33(31(30)41-9)37-19-34-29-26(39)17-27(36-32(29)37)35-28(40)18-42-25-14-12-24(13-15-25)20(2)3/h12-15,19-23,30-31,33H,10-11,16-18H2,1-9H3,(H,35,36,40)/i8D. The average Bonchev–Trinajstić information content (AvgIpc) is 3.60. The number of nitrogens with one attached hydrogen (secondary N) is 1. The lowest BCUT2D eigenvalue weighted by Crippen LogP contribution is -2.39. The number of hydrogen-bond donors (Lipinski definition) is 1. The molecule has 0 spiro atoms. The molecule has 13 heteroatoms. The van der Waals surface area contributed by atoms with Crippen LogP contribution < -0.4 is 10.1 Å². The van der Waals surface area contributed by atoms with E-state index in [1.807, 2.05) is 24.3 Å². The summed E-state index contributed by atoms with van der Waals surface area (Å²) >= 11 is 0. The zero-order valence-corrected chi connectivity index (χ0v) is 29.2. The van der Waals surface area contributed by atoms with Crippen LogP contribution in [0.4, 0.5) is 5.82 Å². The maximum absolute atomic E-state index is 13.1. The third-order valence-electron chi connectivity index (χ3n) is 7.79. The molecule has 1 aromatic heterocycles. The second-order valence-electron chi connectivity index (χ2n) is 12.4. The molecule has 0 bridgehead atoms. The van der Waals surface area contributed by atoms with Crippen LogP contribution in [0.3, 0.4) is 0 Å². The van der Waals surface area contributed by atoms with Crippen LogP contribution >= 0.6 is 8.53 Å². The van der Waals surface area contributed by atoms with Gasteiger partial charge in [0, 0.05) is 20.6 Å². The lowest BCUT2D eigenvalue weighted by atomic mass is 10.0. The van der Waals surface area contributed by atoms with Crippen LogP contribution in [0.25, 0.3) is 0 Å². The first-order valence-corrected chi connectivity index (χ1v) is 17.2. The molecule has 254 valence electrons. The summed E-state index contributed by atoms with van der Waals surface area (Å²) < 4.78 is 43.1. The molecular formula is C33H50N5O7P. The highest BCUT2D eigenvalue weighted by atomic mass is 31.2. The minimum Gasteiger partial charge on any atom is -0.484 e. The summed E-state index contributed by atoms with van der Waals surface area (Å²) in [6.07, 6.45) is 0.527. The van der Waals surface area contributed by atoms with Gasteiger partial charge in [0.05, 0.1) is 25.5 Å². The summed E-state index contributed by atoms with van der Waals surface area (Å²) in [6.45, 7) is 15.0. The van der Waals surface area contributed by atoms with Gasteiger partial charge in [0.15, 0.2) is 30.1 Å². The average molecular weight is 661 g/mol. The fourth-order valence-corrected chi connectivity index (χ4v) is 7.25. The van der Waals surface area contributed by atoms with Gasteiger partial charge >= 0.3 is 0 Å². The molecule has 2 aliphatic rings. The molecule has 1 N–H and O–H groups in total. The molecule has 1 amide bonds. The van der Waals surface area contributed by atoms with Gasteiger partial charge in [0.2, 0.25) is 0 Å². The molecule has 12 nitrogen and oxygen atoms in total. The number of carbonyl (C=O) groups excluding carboxylic acids is 2. The first-order chi connectivity index (χ1) is 22.5. The number of nitrogens with zero attached hydrogens (tertiary/aromatic N) is 4. The van der Waals surface area contributed by atoms with E-state index in [4.69, 9.17) is 24.6 Å².